The van der Waals surface area contributed by atoms with Crippen LogP contribution in [0.3, 0.4) is 0 Å². The topological polar surface area (TPSA) is 63.6 Å². The largest absolute Gasteiger partial charge is 0.481 e. The quantitative estimate of drug-likeness (QED) is 0.357. The fourth-order valence-corrected chi connectivity index (χ4v) is 13.3. The summed E-state index contributed by atoms with van der Waals surface area (Å²) >= 11 is 0. The molecule has 4 heteroatoms. The zero-order valence-electron chi connectivity index (χ0n) is 27.7. The molecule has 5 saturated carbocycles. The Morgan fingerprint density at radius 1 is 0.767 bits per heavy atom. The van der Waals surface area contributed by atoms with Crippen LogP contribution in [0.15, 0.2) is 30.3 Å². The fourth-order valence-electron chi connectivity index (χ4n) is 13.3. The molecule has 0 amide bonds. The van der Waals surface area contributed by atoms with Crippen molar-refractivity contribution < 1.29 is 19.4 Å². The van der Waals surface area contributed by atoms with E-state index in [4.69, 9.17) is 4.74 Å². The first-order valence-electron chi connectivity index (χ1n) is 17.3. The van der Waals surface area contributed by atoms with Gasteiger partial charge in [0.25, 0.3) is 0 Å². The second kappa shape index (κ2) is 9.23. The summed E-state index contributed by atoms with van der Waals surface area (Å²) in [6.07, 6.45) is 15.1. The number of fused-ring (bicyclic) bond motifs is 7. The van der Waals surface area contributed by atoms with E-state index in [1.54, 1.807) is 0 Å². The summed E-state index contributed by atoms with van der Waals surface area (Å²) in [5.74, 6) is 1.93. The molecule has 5 fully saturated rings. The van der Waals surface area contributed by atoms with Gasteiger partial charge in [0, 0.05) is 0 Å². The van der Waals surface area contributed by atoms with Gasteiger partial charge in [-0.25, -0.2) is 4.79 Å². The van der Waals surface area contributed by atoms with E-state index in [0.29, 0.717) is 40.6 Å². The third kappa shape index (κ3) is 3.73. The monoisotopic (exact) mass is 586 g/mol. The van der Waals surface area contributed by atoms with Gasteiger partial charge in [0.1, 0.15) is 0 Å². The number of hydrogen-bond donors (Lipinski definition) is 1. The normalized spacial score (nSPS) is 45.5. The summed E-state index contributed by atoms with van der Waals surface area (Å²) in [5, 5.41) is 10.8. The highest BCUT2D eigenvalue weighted by atomic mass is 16.5. The molecule has 0 saturated heterocycles. The summed E-state index contributed by atoms with van der Waals surface area (Å²) in [6, 6.07) is 8.03. The number of methoxy groups -OCH3 is 1. The minimum absolute atomic E-state index is 0.0288. The molecular formula is C39H54O4. The van der Waals surface area contributed by atoms with E-state index in [0.717, 1.165) is 32.1 Å². The maximum absolute atomic E-state index is 13.1. The smallest absolute Gasteiger partial charge is 0.337 e. The van der Waals surface area contributed by atoms with Crippen LogP contribution < -0.4 is 0 Å². The number of ether oxygens (including phenoxy) is 1. The van der Waals surface area contributed by atoms with Gasteiger partial charge in [0.05, 0.1) is 18.1 Å². The van der Waals surface area contributed by atoms with E-state index in [1.165, 1.54) is 56.8 Å². The van der Waals surface area contributed by atoms with Crippen LogP contribution in [0.4, 0.5) is 0 Å². The van der Waals surface area contributed by atoms with Crippen LogP contribution in [0.2, 0.25) is 0 Å². The lowest BCUT2D eigenvalue weighted by molar-refractivity contribution is -0.230. The molecule has 1 aromatic rings. The maximum atomic E-state index is 13.1. The minimum atomic E-state index is -0.487. The van der Waals surface area contributed by atoms with Crippen molar-refractivity contribution in [1.29, 1.82) is 0 Å². The molecule has 0 bridgehead atoms. The van der Waals surface area contributed by atoms with Gasteiger partial charge in [0.15, 0.2) is 0 Å². The van der Waals surface area contributed by atoms with Crippen molar-refractivity contribution in [2.75, 3.05) is 7.11 Å². The van der Waals surface area contributed by atoms with Crippen molar-refractivity contribution in [3.8, 4) is 0 Å². The highest BCUT2D eigenvalue weighted by Crippen LogP contribution is 2.79. The highest BCUT2D eigenvalue weighted by molar-refractivity contribution is 5.90. The van der Waals surface area contributed by atoms with Gasteiger partial charge in [-0.1, -0.05) is 59.8 Å². The van der Waals surface area contributed by atoms with E-state index in [2.05, 4.69) is 59.8 Å². The predicted octanol–water partition coefficient (Wildman–Crippen LogP) is 9.43. The average Bonchev–Trinajstić information content (AvgIpc) is 3.57. The van der Waals surface area contributed by atoms with Gasteiger partial charge < -0.3 is 9.84 Å². The molecule has 0 aliphatic heterocycles. The Labute approximate surface area is 259 Å². The van der Waals surface area contributed by atoms with E-state index in [9.17, 15) is 14.7 Å². The van der Waals surface area contributed by atoms with Crippen LogP contribution in [0, 0.1) is 62.1 Å². The first-order valence-corrected chi connectivity index (χ1v) is 17.3. The van der Waals surface area contributed by atoms with Crippen LogP contribution in [-0.4, -0.2) is 24.2 Å². The van der Waals surface area contributed by atoms with Crippen molar-refractivity contribution >= 4 is 17.5 Å². The SMILES string of the molecule is COC(=O)c1ccc(C2=CCC3(C)C(CCC4(C)C3CCC3C5C(C6(C)CC6)CCC5(C(=O)O)CCC34C)C2(C)C)cc1. The lowest BCUT2D eigenvalue weighted by atomic mass is 9.32. The average molecular weight is 587 g/mol. The molecule has 1 aromatic carbocycles. The lowest BCUT2D eigenvalue weighted by Crippen LogP contribution is -2.66. The number of esters is 1. The van der Waals surface area contributed by atoms with Crippen LogP contribution in [-0.2, 0) is 9.53 Å². The number of rotatable bonds is 4. The Morgan fingerprint density at radius 3 is 2.09 bits per heavy atom. The Bertz CT molecular complexity index is 1370. The summed E-state index contributed by atoms with van der Waals surface area (Å²) in [4.78, 5) is 25.2. The van der Waals surface area contributed by atoms with Gasteiger partial charge in [-0.3, -0.25) is 4.79 Å². The summed E-state index contributed by atoms with van der Waals surface area (Å²) in [7, 11) is 1.43. The van der Waals surface area contributed by atoms with E-state index in [-0.39, 0.29) is 27.6 Å². The molecule has 43 heavy (non-hydrogen) atoms. The molecule has 7 rings (SSSR count). The molecular weight excluding hydrogens is 532 g/mol. The van der Waals surface area contributed by atoms with Crippen molar-refractivity contribution in [3.05, 3.63) is 41.5 Å². The number of carboxylic acid groups (broad SMARTS) is 1. The van der Waals surface area contributed by atoms with Crippen molar-refractivity contribution in [1.82, 2.24) is 0 Å². The molecule has 4 nitrogen and oxygen atoms in total. The highest BCUT2D eigenvalue weighted by Gasteiger charge is 2.73. The molecule has 9 unspecified atom stereocenters. The van der Waals surface area contributed by atoms with Crippen LogP contribution in [0.1, 0.15) is 128 Å². The molecule has 6 aliphatic carbocycles. The van der Waals surface area contributed by atoms with E-state index < -0.39 is 11.4 Å². The molecule has 0 aromatic heterocycles. The number of hydrogen-bond acceptors (Lipinski definition) is 3. The van der Waals surface area contributed by atoms with Gasteiger partial charge in [-0.15, -0.1) is 0 Å². The molecule has 0 heterocycles. The van der Waals surface area contributed by atoms with Gasteiger partial charge >= 0.3 is 11.9 Å². The third-order valence-corrected chi connectivity index (χ3v) is 16.0. The molecule has 234 valence electrons. The fraction of sp³-hybridized carbons (Fsp3) is 0.744. The predicted molar refractivity (Wildman–Crippen MR) is 170 cm³/mol. The van der Waals surface area contributed by atoms with Crippen LogP contribution in [0.5, 0.6) is 0 Å². The first-order chi connectivity index (χ1) is 20.2. The number of carbonyl (C=O) groups is 2. The second-order valence-corrected chi connectivity index (χ2v) is 17.6. The van der Waals surface area contributed by atoms with E-state index in [1.807, 2.05) is 12.1 Å². The number of allylic oxidation sites excluding steroid dienone is 2. The minimum Gasteiger partial charge on any atom is -0.481 e. The zero-order valence-corrected chi connectivity index (χ0v) is 27.7. The first kappa shape index (κ1) is 29.6. The molecule has 1 N–H and O–H groups in total. The number of aliphatic carboxylic acids is 1. The number of carbonyl (C=O) groups excluding carboxylic acids is 1. The standard InChI is InChI=1S/C39H54O4/c1-34(2)26(24-8-10-25(11-9-24)32(40)43-7)14-17-36(4)29(34)16-18-38(6)30(36)13-12-28-31-27(35(3)20-21-35)15-19-39(31,33(41)42)23-22-37(28,38)5/h8-11,14,27-31H,12-13,15-23H2,1-7H3,(H,41,42). The van der Waals surface area contributed by atoms with Crippen molar-refractivity contribution in [2.45, 2.75) is 112 Å². The number of carboxylic acids is 1. The van der Waals surface area contributed by atoms with Gasteiger partial charge in [-0.2, -0.15) is 0 Å². The Morgan fingerprint density at radius 2 is 1.47 bits per heavy atom. The molecule has 0 radical (unpaired) electrons. The lowest BCUT2D eigenvalue weighted by Gasteiger charge is -2.72. The van der Waals surface area contributed by atoms with Crippen molar-refractivity contribution in [2.24, 2.45) is 62.1 Å². The summed E-state index contributed by atoms with van der Waals surface area (Å²) in [5.41, 5.74) is 3.81. The third-order valence-electron chi connectivity index (χ3n) is 16.0. The summed E-state index contributed by atoms with van der Waals surface area (Å²) in [6.45, 7) is 15.3. The van der Waals surface area contributed by atoms with Crippen LogP contribution >= 0.6 is 0 Å². The Kier molecular flexibility index (Phi) is 6.35. The Hall–Kier alpha value is -2.10. The van der Waals surface area contributed by atoms with Gasteiger partial charge in [0.2, 0.25) is 0 Å². The molecule has 9 atom stereocenters. The molecule has 6 aliphatic rings. The van der Waals surface area contributed by atoms with Crippen molar-refractivity contribution in [3.63, 3.8) is 0 Å². The van der Waals surface area contributed by atoms with E-state index >= 15 is 0 Å². The number of benzene rings is 1. The Balaban J connectivity index is 1.23. The zero-order chi connectivity index (χ0) is 30.8. The maximum Gasteiger partial charge on any atom is 0.337 e. The summed E-state index contributed by atoms with van der Waals surface area (Å²) < 4.78 is 4.94. The van der Waals surface area contributed by atoms with Gasteiger partial charge in [-0.05, 0) is 151 Å². The second-order valence-electron chi connectivity index (χ2n) is 17.6. The van der Waals surface area contributed by atoms with Crippen LogP contribution in [0.25, 0.3) is 5.57 Å². The molecule has 0 spiro atoms.